The molecular weight excluding hydrogens is 282 g/mol. The summed E-state index contributed by atoms with van der Waals surface area (Å²) in [6.07, 6.45) is 2.16. The van der Waals surface area contributed by atoms with Gasteiger partial charge in [-0.15, -0.1) is 0 Å². The lowest BCUT2D eigenvalue weighted by atomic mass is 9.87. The largest absolute Gasteiger partial charge is 0.490 e. The zero-order valence-electron chi connectivity index (χ0n) is 12.7. The predicted octanol–water partition coefficient (Wildman–Crippen LogP) is 2.43. The van der Waals surface area contributed by atoms with E-state index in [1.165, 1.54) is 0 Å². The number of nitrogens with zero attached hydrogens (tertiary/aromatic N) is 1. The summed E-state index contributed by atoms with van der Waals surface area (Å²) in [6, 6.07) is 6.97. The number of hydrogen-bond acceptors (Lipinski definition) is 3. The second kappa shape index (κ2) is 7.11. The molecule has 1 aliphatic heterocycles. The van der Waals surface area contributed by atoms with Crippen molar-refractivity contribution in [2.75, 3.05) is 19.7 Å². The summed E-state index contributed by atoms with van der Waals surface area (Å²) in [4.78, 5) is 25.3. The molecule has 1 aromatic carbocycles. The summed E-state index contributed by atoms with van der Waals surface area (Å²) >= 11 is 0. The number of carbonyl (C=O) groups excluding carboxylic acids is 1. The van der Waals surface area contributed by atoms with Crippen LogP contribution in [0.25, 0.3) is 0 Å². The third-order valence-corrected chi connectivity index (χ3v) is 3.98. The van der Waals surface area contributed by atoms with Crippen molar-refractivity contribution in [1.82, 2.24) is 4.90 Å². The third kappa shape index (κ3) is 3.67. The SMILES string of the molecule is C=CCOc1ccc(C(=O)N2CCC(C(=O)O)C(C)C2)cc1. The molecule has 2 rings (SSSR count). The molecule has 1 fully saturated rings. The number of amides is 1. The molecular formula is C17H21NO4. The van der Waals surface area contributed by atoms with E-state index in [0.29, 0.717) is 37.4 Å². The molecule has 2 atom stereocenters. The van der Waals surface area contributed by atoms with E-state index in [-0.39, 0.29) is 17.7 Å². The molecule has 2 unspecified atom stereocenters. The fourth-order valence-corrected chi connectivity index (χ4v) is 2.73. The molecule has 1 N–H and O–H groups in total. The van der Waals surface area contributed by atoms with Gasteiger partial charge in [0.2, 0.25) is 0 Å². The highest BCUT2D eigenvalue weighted by Crippen LogP contribution is 2.25. The summed E-state index contributed by atoms with van der Waals surface area (Å²) in [5.74, 6) is -0.548. The van der Waals surface area contributed by atoms with E-state index in [9.17, 15) is 9.59 Å². The third-order valence-electron chi connectivity index (χ3n) is 3.98. The number of piperidine rings is 1. The van der Waals surface area contributed by atoms with Crippen LogP contribution in [0.5, 0.6) is 5.75 Å². The molecule has 0 spiro atoms. The Morgan fingerprint density at radius 1 is 1.41 bits per heavy atom. The minimum Gasteiger partial charge on any atom is -0.490 e. The van der Waals surface area contributed by atoms with Gasteiger partial charge in [-0.3, -0.25) is 9.59 Å². The molecule has 1 amide bonds. The van der Waals surface area contributed by atoms with Gasteiger partial charge in [0.25, 0.3) is 5.91 Å². The minimum absolute atomic E-state index is 0.0367. The van der Waals surface area contributed by atoms with E-state index in [0.717, 1.165) is 0 Å². The van der Waals surface area contributed by atoms with Gasteiger partial charge in [-0.05, 0) is 36.6 Å². The predicted molar refractivity (Wildman–Crippen MR) is 82.9 cm³/mol. The Labute approximate surface area is 130 Å². The average Bonchev–Trinajstić information content (AvgIpc) is 2.52. The number of ether oxygens (including phenoxy) is 1. The van der Waals surface area contributed by atoms with Gasteiger partial charge in [-0.2, -0.15) is 0 Å². The lowest BCUT2D eigenvalue weighted by Crippen LogP contribution is -2.44. The summed E-state index contributed by atoms with van der Waals surface area (Å²) < 4.78 is 5.38. The van der Waals surface area contributed by atoms with Gasteiger partial charge in [0.15, 0.2) is 0 Å². The molecule has 118 valence electrons. The van der Waals surface area contributed by atoms with E-state index < -0.39 is 5.97 Å². The molecule has 5 nitrogen and oxygen atoms in total. The van der Waals surface area contributed by atoms with Crippen molar-refractivity contribution in [2.45, 2.75) is 13.3 Å². The Kier molecular flexibility index (Phi) is 5.20. The van der Waals surface area contributed by atoms with Crippen molar-refractivity contribution in [3.05, 3.63) is 42.5 Å². The standard InChI is InChI=1S/C17H21NO4/c1-3-10-22-14-6-4-13(5-7-14)16(19)18-9-8-15(17(20)21)12(2)11-18/h3-7,12,15H,1,8-11H2,2H3,(H,20,21). The quantitative estimate of drug-likeness (QED) is 0.848. The van der Waals surface area contributed by atoms with Gasteiger partial charge in [-0.1, -0.05) is 19.6 Å². The molecule has 0 radical (unpaired) electrons. The number of rotatable bonds is 5. The van der Waals surface area contributed by atoms with Crippen LogP contribution in [0.2, 0.25) is 0 Å². The summed E-state index contributed by atoms with van der Waals surface area (Å²) in [6.45, 7) is 6.84. The fraction of sp³-hybridized carbons (Fsp3) is 0.412. The van der Waals surface area contributed by atoms with Gasteiger partial charge in [0.05, 0.1) is 5.92 Å². The Bertz CT molecular complexity index is 552. The van der Waals surface area contributed by atoms with Crippen LogP contribution in [-0.2, 0) is 4.79 Å². The van der Waals surface area contributed by atoms with Crippen LogP contribution in [0.3, 0.4) is 0 Å². The Hall–Kier alpha value is -2.30. The maximum Gasteiger partial charge on any atom is 0.306 e. The van der Waals surface area contributed by atoms with Crippen LogP contribution < -0.4 is 4.74 Å². The Morgan fingerprint density at radius 3 is 2.64 bits per heavy atom. The number of aliphatic carboxylic acids is 1. The van der Waals surface area contributed by atoms with Crippen molar-refractivity contribution in [3.8, 4) is 5.75 Å². The van der Waals surface area contributed by atoms with Gasteiger partial charge >= 0.3 is 5.97 Å². The molecule has 1 saturated heterocycles. The van der Waals surface area contributed by atoms with Crippen LogP contribution in [-0.4, -0.2) is 41.6 Å². The van der Waals surface area contributed by atoms with E-state index in [2.05, 4.69) is 6.58 Å². The van der Waals surface area contributed by atoms with E-state index in [1.54, 1.807) is 35.2 Å². The first-order valence-electron chi connectivity index (χ1n) is 7.38. The van der Waals surface area contributed by atoms with Gasteiger partial charge in [0, 0.05) is 18.7 Å². The maximum absolute atomic E-state index is 12.5. The summed E-state index contributed by atoms with van der Waals surface area (Å²) in [5, 5.41) is 9.13. The average molecular weight is 303 g/mol. The molecule has 5 heteroatoms. The first-order valence-corrected chi connectivity index (χ1v) is 7.38. The zero-order chi connectivity index (χ0) is 16.1. The lowest BCUT2D eigenvalue weighted by Gasteiger charge is -2.35. The number of carbonyl (C=O) groups is 2. The van der Waals surface area contributed by atoms with Gasteiger partial charge in [-0.25, -0.2) is 0 Å². The number of carboxylic acid groups (broad SMARTS) is 1. The smallest absolute Gasteiger partial charge is 0.306 e. The van der Waals surface area contributed by atoms with Crippen LogP contribution in [0.15, 0.2) is 36.9 Å². The number of likely N-dealkylation sites (tertiary alicyclic amines) is 1. The first kappa shape index (κ1) is 16.1. The number of benzene rings is 1. The molecule has 22 heavy (non-hydrogen) atoms. The van der Waals surface area contributed by atoms with E-state index >= 15 is 0 Å². The molecule has 0 aromatic heterocycles. The molecule has 0 saturated carbocycles. The minimum atomic E-state index is -0.775. The fourth-order valence-electron chi connectivity index (χ4n) is 2.73. The van der Waals surface area contributed by atoms with E-state index in [4.69, 9.17) is 9.84 Å². The van der Waals surface area contributed by atoms with Crippen LogP contribution in [0, 0.1) is 11.8 Å². The van der Waals surface area contributed by atoms with Gasteiger partial charge < -0.3 is 14.7 Å². The summed E-state index contributed by atoms with van der Waals surface area (Å²) in [5.41, 5.74) is 0.590. The van der Waals surface area contributed by atoms with Crippen molar-refractivity contribution in [1.29, 1.82) is 0 Å². The highest BCUT2D eigenvalue weighted by molar-refractivity contribution is 5.94. The lowest BCUT2D eigenvalue weighted by molar-refractivity contribution is -0.145. The Balaban J connectivity index is 2.00. The van der Waals surface area contributed by atoms with Crippen LogP contribution >= 0.6 is 0 Å². The molecule has 0 bridgehead atoms. The normalized spacial score (nSPS) is 21.2. The van der Waals surface area contributed by atoms with Crippen molar-refractivity contribution in [3.63, 3.8) is 0 Å². The number of hydrogen-bond donors (Lipinski definition) is 1. The topological polar surface area (TPSA) is 66.8 Å². The molecule has 1 heterocycles. The van der Waals surface area contributed by atoms with Crippen molar-refractivity contribution >= 4 is 11.9 Å². The second-order valence-electron chi connectivity index (χ2n) is 5.59. The van der Waals surface area contributed by atoms with E-state index in [1.807, 2.05) is 6.92 Å². The Morgan fingerprint density at radius 2 is 2.09 bits per heavy atom. The van der Waals surface area contributed by atoms with Crippen LogP contribution in [0.1, 0.15) is 23.7 Å². The molecule has 1 aromatic rings. The highest BCUT2D eigenvalue weighted by Gasteiger charge is 2.33. The molecule has 1 aliphatic rings. The number of carboxylic acids is 1. The zero-order valence-corrected chi connectivity index (χ0v) is 12.7. The van der Waals surface area contributed by atoms with Gasteiger partial charge in [0.1, 0.15) is 12.4 Å². The monoisotopic (exact) mass is 303 g/mol. The van der Waals surface area contributed by atoms with Crippen molar-refractivity contribution < 1.29 is 19.4 Å². The summed E-state index contributed by atoms with van der Waals surface area (Å²) in [7, 11) is 0. The second-order valence-corrected chi connectivity index (χ2v) is 5.59. The first-order chi connectivity index (χ1) is 10.5. The van der Waals surface area contributed by atoms with Crippen molar-refractivity contribution in [2.24, 2.45) is 11.8 Å². The molecule has 0 aliphatic carbocycles. The highest BCUT2D eigenvalue weighted by atomic mass is 16.5. The van der Waals surface area contributed by atoms with Crippen LogP contribution in [0.4, 0.5) is 0 Å². The maximum atomic E-state index is 12.5.